The number of hydrogen-bond donors (Lipinski definition) is 1. The maximum atomic E-state index is 13.2. The minimum Gasteiger partial charge on any atom is -0.337 e. The molecule has 1 aliphatic heterocycles. The number of carbonyl (C=O) groups is 2. The van der Waals surface area contributed by atoms with Gasteiger partial charge in [-0.15, -0.1) is 0 Å². The molecule has 9 nitrogen and oxygen atoms in total. The largest absolute Gasteiger partial charge is 0.417 e. The summed E-state index contributed by atoms with van der Waals surface area (Å²) in [6.45, 7) is 1.17. The van der Waals surface area contributed by atoms with Gasteiger partial charge < -0.3 is 15.1 Å². The standard InChI is InChI=1S/C27H24F3N7O2/c1-35(25(39)34-20-7-19(11-32-12-20)27(28,29)30)21-8-26(9-21)15-36(16-26)24(38)22-13-33-37-14-18(4-5-23(22)37)17-3-2-6-31-10-17/h2-7,10-14,21H,8-9,15-16H2,1H3,(H,34,39). The molecule has 1 N–H and O–H groups in total. The molecule has 5 heterocycles. The van der Waals surface area contributed by atoms with Crippen LogP contribution in [0.5, 0.6) is 0 Å². The van der Waals surface area contributed by atoms with Crippen LogP contribution in [0.4, 0.5) is 23.7 Å². The lowest BCUT2D eigenvalue weighted by molar-refractivity contribution is -0.137. The number of rotatable bonds is 4. The van der Waals surface area contributed by atoms with Gasteiger partial charge in [0.25, 0.3) is 5.91 Å². The van der Waals surface area contributed by atoms with Crippen LogP contribution in [0.1, 0.15) is 28.8 Å². The zero-order valence-electron chi connectivity index (χ0n) is 20.9. The molecule has 4 aromatic heterocycles. The Balaban J connectivity index is 1.04. The highest BCUT2D eigenvalue weighted by molar-refractivity contribution is 6.01. The van der Waals surface area contributed by atoms with Crippen LogP contribution in [0, 0.1) is 5.41 Å². The van der Waals surface area contributed by atoms with E-state index in [0.29, 0.717) is 37.7 Å². The highest BCUT2D eigenvalue weighted by Gasteiger charge is 2.55. The Bertz CT molecular complexity index is 1560. The molecule has 1 saturated heterocycles. The molecule has 0 radical (unpaired) electrons. The Kier molecular flexibility index (Phi) is 5.77. The van der Waals surface area contributed by atoms with Crippen LogP contribution in [0.25, 0.3) is 16.6 Å². The Hall–Kier alpha value is -4.48. The molecule has 0 atom stereocenters. The van der Waals surface area contributed by atoms with Crippen molar-refractivity contribution in [1.82, 2.24) is 29.4 Å². The number of likely N-dealkylation sites (tertiary alicyclic amines) is 1. The third-order valence-electron chi connectivity index (χ3n) is 7.60. The van der Waals surface area contributed by atoms with Crippen molar-refractivity contribution in [3.63, 3.8) is 0 Å². The van der Waals surface area contributed by atoms with Crippen molar-refractivity contribution in [2.24, 2.45) is 5.41 Å². The molecule has 0 unspecified atom stereocenters. The van der Waals surface area contributed by atoms with Crippen molar-refractivity contribution in [2.75, 3.05) is 25.5 Å². The van der Waals surface area contributed by atoms with Crippen LogP contribution >= 0.6 is 0 Å². The number of carbonyl (C=O) groups excluding carboxylic acids is 2. The second-order valence-electron chi connectivity index (χ2n) is 10.3. The van der Waals surface area contributed by atoms with Crippen molar-refractivity contribution in [2.45, 2.75) is 25.1 Å². The second-order valence-corrected chi connectivity index (χ2v) is 10.3. The van der Waals surface area contributed by atoms with Gasteiger partial charge in [0, 0.05) is 67.5 Å². The van der Waals surface area contributed by atoms with Crippen LogP contribution in [0.3, 0.4) is 0 Å². The quantitative estimate of drug-likeness (QED) is 0.413. The molecule has 2 fully saturated rings. The molecule has 3 amide bonds. The maximum absolute atomic E-state index is 13.2. The fourth-order valence-corrected chi connectivity index (χ4v) is 5.44. The summed E-state index contributed by atoms with van der Waals surface area (Å²) in [5, 5.41) is 6.87. The van der Waals surface area contributed by atoms with E-state index in [1.165, 1.54) is 11.1 Å². The lowest BCUT2D eigenvalue weighted by Gasteiger charge is -2.60. The third-order valence-corrected chi connectivity index (χ3v) is 7.60. The average molecular weight is 536 g/mol. The van der Waals surface area contributed by atoms with E-state index in [2.05, 4.69) is 20.4 Å². The van der Waals surface area contributed by atoms with E-state index in [0.717, 1.165) is 22.7 Å². The third kappa shape index (κ3) is 4.55. The van der Waals surface area contributed by atoms with E-state index in [-0.39, 0.29) is 23.1 Å². The van der Waals surface area contributed by atoms with Gasteiger partial charge in [-0.05, 0) is 31.0 Å². The minimum atomic E-state index is -4.54. The predicted octanol–water partition coefficient (Wildman–Crippen LogP) is 4.58. The molecular formula is C27H24F3N7O2. The van der Waals surface area contributed by atoms with E-state index >= 15 is 0 Å². The highest BCUT2D eigenvalue weighted by Crippen LogP contribution is 2.50. The predicted molar refractivity (Wildman–Crippen MR) is 136 cm³/mol. The summed E-state index contributed by atoms with van der Waals surface area (Å²) in [5.41, 5.74) is 2.16. The van der Waals surface area contributed by atoms with E-state index in [1.807, 2.05) is 30.5 Å². The number of alkyl halides is 3. The molecule has 1 spiro atoms. The first-order chi connectivity index (χ1) is 18.6. The number of hydrogen-bond acceptors (Lipinski definition) is 5. The zero-order valence-corrected chi connectivity index (χ0v) is 20.9. The summed E-state index contributed by atoms with van der Waals surface area (Å²) >= 11 is 0. The van der Waals surface area contributed by atoms with Gasteiger partial charge in [-0.3, -0.25) is 14.8 Å². The number of nitrogens with one attached hydrogen (secondary N) is 1. The van der Waals surface area contributed by atoms with Crippen molar-refractivity contribution in [1.29, 1.82) is 0 Å². The molecule has 4 aromatic rings. The highest BCUT2D eigenvalue weighted by atomic mass is 19.4. The Labute approximate surface area is 221 Å². The maximum Gasteiger partial charge on any atom is 0.417 e. The summed E-state index contributed by atoms with van der Waals surface area (Å²) in [7, 11) is 1.62. The molecule has 0 aromatic carbocycles. The number of halogens is 3. The first kappa shape index (κ1) is 24.8. The summed E-state index contributed by atoms with van der Waals surface area (Å²) < 4.78 is 40.5. The van der Waals surface area contributed by atoms with E-state index in [1.54, 1.807) is 35.1 Å². The van der Waals surface area contributed by atoms with Crippen LogP contribution in [-0.4, -0.2) is 67.5 Å². The molecule has 1 aliphatic carbocycles. The van der Waals surface area contributed by atoms with Gasteiger partial charge in [-0.2, -0.15) is 18.3 Å². The lowest BCUT2D eigenvalue weighted by atomic mass is 9.60. The van der Waals surface area contributed by atoms with Crippen molar-refractivity contribution in [3.05, 3.63) is 78.6 Å². The molecular weight excluding hydrogens is 511 g/mol. The summed E-state index contributed by atoms with van der Waals surface area (Å²) in [5.74, 6) is -0.0867. The molecule has 39 heavy (non-hydrogen) atoms. The van der Waals surface area contributed by atoms with Crippen molar-refractivity contribution < 1.29 is 22.8 Å². The molecule has 12 heteroatoms. The van der Waals surface area contributed by atoms with Crippen LogP contribution in [0.15, 0.2) is 67.5 Å². The van der Waals surface area contributed by atoms with Gasteiger partial charge in [-0.25, -0.2) is 9.31 Å². The minimum absolute atomic E-state index is 0.0166. The summed E-state index contributed by atoms with van der Waals surface area (Å²) in [6, 6.07) is 7.93. The van der Waals surface area contributed by atoms with Gasteiger partial charge in [0.1, 0.15) is 0 Å². The zero-order chi connectivity index (χ0) is 27.4. The molecule has 0 bridgehead atoms. The molecule has 2 aliphatic rings. The SMILES string of the molecule is CN(C(=O)Nc1cncc(C(F)(F)F)c1)C1CC2(C1)CN(C(=O)c1cnn3cc(-c4cccnc4)ccc13)C2. The second kappa shape index (κ2) is 9.07. The number of anilines is 1. The number of amides is 3. The van der Waals surface area contributed by atoms with E-state index in [4.69, 9.17) is 0 Å². The lowest BCUT2D eigenvalue weighted by Crippen LogP contribution is -2.67. The Morgan fingerprint density at radius 2 is 1.85 bits per heavy atom. The smallest absolute Gasteiger partial charge is 0.337 e. The number of fused-ring (bicyclic) bond motifs is 1. The number of urea groups is 1. The number of pyridine rings is 3. The van der Waals surface area contributed by atoms with Gasteiger partial charge >= 0.3 is 12.2 Å². The van der Waals surface area contributed by atoms with Crippen LogP contribution in [-0.2, 0) is 6.18 Å². The van der Waals surface area contributed by atoms with E-state index < -0.39 is 17.8 Å². The van der Waals surface area contributed by atoms with Crippen LogP contribution in [0.2, 0.25) is 0 Å². The molecule has 200 valence electrons. The topological polar surface area (TPSA) is 95.7 Å². The number of aromatic nitrogens is 4. The van der Waals surface area contributed by atoms with Gasteiger partial charge in [0.05, 0.1) is 34.7 Å². The van der Waals surface area contributed by atoms with Crippen LogP contribution < -0.4 is 5.32 Å². The monoisotopic (exact) mass is 535 g/mol. The Morgan fingerprint density at radius 3 is 2.56 bits per heavy atom. The molecule has 6 rings (SSSR count). The fraction of sp³-hybridized carbons (Fsp3) is 0.296. The van der Waals surface area contributed by atoms with E-state index in [9.17, 15) is 22.8 Å². The van der Waals surface area contributed by atoms with Gasteiger partial charge in [-0.1, -0.05) is 12.1 Å². The van der Waals surface area contributed by atoms with Crippen molar-refractivity contribution >= 4 is 23.1 Å². The van der Waals surface area contributed by atoms with Crippen molar-refractivity contribution in [3.8, 4) is 11.1 Å². The Morgan fingerprint density at radius 1 is 1.05 bits per heavy atom. The fourth-order valence-electron chi connectivity index (χ4n) is 5.44. The average Bonchev–Trinajstić information content (AvgIpc) is 3.30. The summed E-state index contributed by atoms with van der Waals surface area (Å²) in [6.07, 6.45) is 5.71. The number of nitrogens with zero attached hydrogens (tertiary/aromatic N) is 6. The first-order valence-electron chi connectivity index (χ1n) is 12.4. The molecule has 1 saturated carbocycles. The van der Waals surface area contributed by atoms with Gasteiger partial charge in [0.2, 0.25) is 0 Å². The summed E-state index contributed by atoms with van der Waals surface area (Å²) in [4.78, 5) is 36.8. The first-order valence-corrected chi connectivity index (χ1v) is 12.4. The van der Waals surface area contributed by atoms with Gasteiger partial charge in [0.15, 0.2) is 0 Å². The normalized spacial score (nSPS) is 16.6.